The third kappa shape index (κ3) is 4.25. The monoisotopic (exact) mass is 409 g/mol. The number of hydrogen-bond donors (Lipinski definition) is 0. The van der Waals surface area contributed by atoms with Gasteiger partial charge in [0.05, 0.1) is 11.7 Å². The van der Waals surface area contributed by atoms with Crippen LogP contribution >= 0.6 is 0 Å². The number of amides is 1. The Morgan fingerprint density at radius 2 is 1.97 bits per heavy atom. The van der Waals surface area contributed by atoms with Gasteiger partial charge in [0.25, 0.3) is 5.89 Å². The molecule has 1 saturated heterocycles. The highest BCUT2D eigenvalue weighted by Gasteiger charge is 2.29. The fraction of sp³-hybridized carbons (Fsp3) is 0.565. The van der Waals surface area contributed by atoms with Crippen molar-refractivity contribution in [2.24, 2.45) is 5.41 Å². The minimum absolute atomic E-state index is 0.0164. The molecule has 7 nitrogen and oxygen atoms in total. The molecule has 1 fully saturated rings. The summed E-state index contributed by atoms with van der Waals surface area (Å²) in [7, 11) is 0. The molecule has 0 spiro atoms. The van der Waals surface area contributed by atoms with Gasteiger partial charge in [-0.3, -0.25) is 9.48 Å². The molecule has 2 aromatic heterocycles. The van der Waals surface area contributed by atoms with Crippen LogP contribution in [0.15, 0.2) is 28.9 Å². The molecule has 0 bridgehead atoms. The van der Waals surface area contributed by atoms with Crippen LogP contribution in [0.1, 0.15) is 71.7 Å². The number of carbonyl (C=O) groups excluding carboxylic acids is 1. The van der Waals surface area contributed by atoms with Gasteiger partial charge in [-0.05, 0) is 44.2 Å². The molecular weight excluding hydrogens is 378 g/mol. The molecule has 0 N–H and O–H groups in total. The lowest BCUT2D eigenvalue weighted by Crippen LogP contribution is -2.39. The molecule has 1 aliphatic heterocycles. The average Bonchev–Trinajstić information content (AvgIpc) is 3.33. The van der Waals surface area contributed by atoms with Crippen molar-refractivity contribution < 1.29 is 9.32 Å². The van der Waals surface area contributed by atoms with Crippen LogP contribution in [-0.2, 0) is 4.79 Å². The Kier molecular flexibility index (Phi) is 5.38. The van der Waals surface area contributed by atoms with Crippen LogP contribution in [0.2, 0.25) is 0 Å². The molecule has 30 heavy (non-hydrogen) atoms. The smallest absolute Gasteiger partial charge is 0.258 e. The van der Waals surface area contributed by atoms with Crippen LogP contribution < -0.4 is 0 Å². The third-order valence-electron chi connectivity index (χ3n) is 5.67. The number of nitrogens with zero attached hydrogens (tertiary/aromatic N) is 5. The van der Waals surface area contributed by atoms with E-state index in [9.17, 15) is 4.79 Å². The van der Waals surface area contributed by atoms with Crippen molar-refractivity contribution >= 4 is 16.8 Å². The normalized spacial score (nSPS) is 16.0. The van der Waals surface area contributed by atoms with E-state index in [0.29, 0.717) is 12.3 Å². The molecule has 3 heterocycles. The molecule has 0 atom stereocenters. The topological polar surface area (TPSA) is 77.1 Å². The van der Waals surface area contributed by atoms with Gasteiger partial charge in [-0.25, -0.2) is 0 Å². The number of carbonyl (C=O) groups is 1. The van der Waals surface area contributed by atoms with Crippen molar-refractivity contribution in [1.29, 1.82) is 0 Å². The van der Waals surface area contributed by atoms with Crippen LogP contribution in [0.4, 0.5) is 0 Å². The number of rotatable bonds is 4. The van der Waals surface area contributed by atoms with Crippen molar-refractivity contribution in [3.05, 3.63) is 30.2 Å². The second-order valence-electron chi connectivity index (χ2n) is 9.81. The van der Waals surface area contributed by atoms with Gasteiger partial charge in [-0.1, -0.05) is 32.0 Å². The van der Waals surface area contributed by atoms with E-state index in [1.807, 2.05) is 27.9 Å². The summed E-state index contributed by atoms with van der Waals surface area (Å²) in [5, 5.41) is 9.82. The van der Waals surface area contributed by atoms with Gasteiger partial charge in [0.2, 0.25) is 5.91 Å². The van der Waals surface area contributed by atoms with E-state index in [4.69, 9.17) is 4.52 Å². The number of benzene rings is 1. The predicted molar refractivity (Wildman–Crippen MR) is 116 cm³/mol. The summed E-state index contributed by atoms with van der Waals surface area (Å²) in [6, 6.07) is 6.38. The van der Waals surface area contributed by atoms with Gasteiger partial charge < -0.3 is 9.42 Å². The predicted octanol–water partition coefficient (Wildman–Crippen LogP) is 4.81. The van der Waals surface area contributed by atoms with Crippen molar-refractivity contribution in [3.8, 4) is 11.5 Å². The van der Waals surface area contributed by atoms with Gasteiger partial charge in [-0.15, -0.1) is 0 Å². The molecule has 1 aliphatic rings. The van der Waals surface area contributed by atoms with E-state index in [1.165, 1.54) is 0 Å². The molecule has 0 saturated carbocycles. The molecule has 0 aliphatic carbocycles. The van der Waals surface area contributed by atoms with Crippen LogP contribution in [0.25, 0.3) is 22.4 Å². The van der Waals surface area contributed by atoms with E-state index in [-0.39, 0.29) is 23.3 Å². The van der Waals surface area contributed by atoms with Crippen LogP contribution in [0, 0.1) is 5.41 Å². The highest BCUT2D eigenvalue weighted by molar-refractivity contribution is 5.83. The standard InChI is InChI=1S/C23H31N5O2/c1-15(2)28-19-12-17(6-7-18(19)14-24-28)22-25-21(26-30-22)16-8-10-27(11-9-16)20(29)13-23(3,4)5/h6-7,12,14-16H,8-11,13H2,1-5H3. The Bertz CT molecular complexity index is 1040. The molecule has 1 aromatic carbocycles. The first-order valence-corrected chi connectivity index (χ1v) is 10.8. The largest absolute Gasteiger partial charge is 0.343 e. The summed E-state index contributed by atoms with van der Waals surface area (Å²) in [5.74, 6) is 1.75. The number of hydrogen-bond acceptors (Lipinski definition) is 5. The van der Waals surface area contributed by atoms with E-state index < -0.39 is 0 Å². The Morgan fingerprint density at radius 3 is 2.63 bits per heavy atom. The zero-order chi connectivity index (χ0) is 21.5. The quantitative estimate of drug-likeness (QED) is 0.618. The maximum Gasteiger partial charge on any atom is 0.258 e. The lowest BCUT2D eigenvalue weighted by Gasteiger charge is -2.32. The van der Waals surface area contributed by atoms with E-state index in [0.717, 1.165) is 48.2 Å². The van der Waals surface area contributed by atoms with Gasteiger partial charge in [0.1, 0.15) is 0 Å². The average molecular weight is 410 g/mol. The molecule has 0 unspecified atom stereocenters. The van der Waals surface area contributed by atoms with Crippen LogP contribution in [0.3, 0.4) is 0 Å². The van der Waals surface area contributed by atoms with E-state index in [1.54, 1.807) is 0 Å². The SMILES string of the molecule is CC(C)n1ncc2ccc(-c3nc(C4CCN(C(=O)CC(C)(C)C)CC4)no3)cc21. The summed E-state index contributed by atoms with van der Waals surface area (Å²) in [4.78, 5) is 19.1. The number of fused-ring (bicyclic) bond motifs is 1. The minimum atomic E-state index is 0.0164. The summed E-state index contributed by atoms with van der Waals surface area (Å²) < 4.78 is 7.60. The van der Waals surface area contributed by atoms with Crippen molar-refractivity contribution in [2.45, 2.75) is 65.8 Å². The number of aromatic nitrogens is 4. The minimum Gasteiger partial charge on any atom is -0.343 e. The molecule has 4 rings (SSSR count). The van der Waals surface area contributed by atoms with Crippen LogP contribution in [-0.4, -0.2) is 43.8 Å². The van der Waals surface area contributed by atoms with Crippen LogP contribution in [0.5, 0.6) is 0 Å². The Balaban J connectivity index is 1.46. The van der Waals surface area contributed by atoms with Gasteiger partial charge >= 0.3 is 0 Å². The summed E-state index contributed by atoms with van der Waals surface area (Å²) in [5.41, 5.74) is 1.98. The summed E-state index contributed by atoms with van der Waals surface area (Å²) >= 11 is 0. The number of piperidine rings is 1. The first-order valence-electron chi connectivity index (χ1n) is 10.8. The fourth-order valence-electron chi connectivity index (χ4n) is 4.05. The molecule has 3 aromatic rings. The second kappa shape index (κ2) is 7.85. The van der Waals surface area contributed by atoms with Gasteiger partial charge in [0, 0.05) is 42.4 Å². The Hall–Kier alpha value is -2.70. The van der Waals surface area contributed by atoms with Gasteiger partial charge in [-0.2, -0.15) is 10.1 Å². The zero-order valence-corrected chi connectivity index (χ0v) is 18.6. The van der Waals surface area contributed by atoms with Crippen molar-refractivity contribution in [1.82, 2.24) is 24.8 Å². The highest BCUT2D eigenvalue weighted by atomic mass is 16.5. The summed E-state index contributed by atoms with van der Waals surface area (Å²) in [6.45, 7) is 12.0. The van der Waals surface area contributed by atoms with Crippen molar-refractivity contribution in [3.63, 3.8) is 0 Å². The van der Waals surface area contributed by atoms with E-state index >= 15 is 0 Å². The molecular formula is C23H31N5O2. The third-order valence-corrected chi connectivity index (χ3v) is 5.67. The van der Waals surface area contributed by atoms with Gasteiger partial charge in [0.15, 0.2) is 5.82 Å². The van der Waals surface area contributed by atoms with Crippen molar-refractivity contribution in [2.75, 3.05) is 13.1 Å². The first-order chi connectivity index (χ1) is 14.2. The fourth-order valence-corrected chi connectivity index (χ4v) is 4.05. The Labute approximate surface area is 177 Å². The lowest BCUT2D eigenvalue weighted by molar-refractivity contribution is -0.134. The molecule has 1 amide bonds. The maximum atomic E-state index is 12.5. The molecule has 7 heteroatoms. The first kappa shape index (κ1) is 20.6. The lowest BCUT2D eigenvalue weighted by atomic mass is 9.90. The highest BCUT2D eigenvalue weighted by Crippen LogP contribution is 2.30. The zero-order valence-electron chi connectivity index (χ0n) is 18.6. The summed E-state index contributed by atoms with van der Waals surface area (Å²) in [6.07, 6.45) is 4.20. The second-order valence-corrected chi connectivity index (χ2v) is 9.81. The maximum absolute atomic E-state index is 12.5. The number of likely N-dealkylation sites (tertiary alicyclic amines) is 1. The van der Waals surface area contributed by atoms with E-state index in [2.05, 4.69) is 55.9 Å². The Morgan fingerprint density at radius 1 is 1.23 bits per heavy atom. The molecule has 160 valence electrons. The molecule has 0 radical (unpaired) electrons.